The zero-order chi connectivity index (χ0) is 18.1. The first-order valence-electron chi connectivity index (χ1n) is 8.03. The van der Waals surface area contributed by atoms with Gasteiger partial charge in [-0.1, -0.05) is 33.4 Å². The molecule has 0 aromatic rings. The number of carbonyl (C=O) groups is 2. The van der Waals surface area contributed by atoms with E-state index in [0.29, 0.717) is 6.42 Å². The summed E-state index contributed by atoms with van der Waals surface area (Å²) in [7, 11) is 0. The summed E-state index contributed by atoms with van der Waals surface area (Å²) >= 11 is 0. The molecule has 0 radical (unpaired) electrons. The van der Waals surface area contributed by atoms with Gasteiger partial charge in [0.1, 0.15) is 6.61 Å². The van der Waals surface area contributed by atoms with Crippen molar-refractivity contribution in [2.45, 2.75) is 73.0 Å². The number of rotatable bonds is 12. The quantitative estimate of drug-likeness (QED) is 0.297. The molecule has 2 unspecified atom stereocenters. The van der Waals surface area contributed by atoms with E-state index in [1.807, 2.05) is 27.7 Å². The number of esters is 1. The van der Waals surface area contributed by atoms with Crippen molar-refractivity contribution < 1.29 is 23.8 Å². The Hall–Kier alpha value is -1.46. The van der Waals surface area contributed by atoms with Gasteiger partial charge >= 0.3 is 5.97 Å². The van der Waals surface area contributed by atoms with Crippen molar-refractivity contribution >= 4 is 11.8 Å². The summed E-state index contributed by atoms with van der Waals surface area (Å²) in [6.45, 7) is 15.1. The Labute approximate surface area is 148 Å². The van der Waals surface area contributed by atoms with E-state index in [4.69, 9.17) is 14.2 Å². The monoisotopic (exact) mass is 344 g/mol. The Bertz CT molecular complexity index is 339. The molecule has 0 aliphatic heterocycles. The fourth-order valence-corrected chi connectivity index (χ4v) is 1.08. The molecule has 0 spiro atoms. The summed E-state index contributed by atoms with van der Waals surface area (Å²) in [4.78, 5) is 21.6. The Kier molecular flexibility index (Phi) is 22.4. The molecule has 0 aliphatic rings. The van der Waals surface area contributed by atoms with Crippen LogP contribution < -0.4 is 0 Å². The van der Waals surface area contributed by atoms with Gasteiger partial charge in [0.15, 0.2) is 12.6 Å². The minimum atomic E-state index is -0.298. The third-order valence-electron chi connectivity index (χ3n) is 2.93. The number of hydrogen-bond donors (Lipinski definition) is 0. The first kappa shape index (κ1) is 27.4. The van der Waals surface area contributed by atoms with E-state index in [0.717, 1.165) is 12.8 Å². The maximum atomic E-state index is 10.9. The third kappa shape index (κ3) is 20.5. The molecule has 0 fully saturated rings. The molecular weight excluding hydrogens is 308 g/mol. The van der Waals surface area contributed by atoms with E-state index >= 15 is 0 Å². The molecule has 142 valence electrons. The summed E-state index contributed by atoms with van der Waals surface area (Å²) in [6.07, 6.45) is 5.94. The molecular formula is C19H36O5. The highest BCUT2D eigenvalue weighted by atomic mass is 16.7. The first-order chi connectivity index (χ1) is 10.9. The average Bonchev–Trinajstić information content (AvgIpc) is 2.53. The number of carbonyl (C=O) groups excluding carboxylic acids is 2. The van der Waals surface area contributed by atoms with Gasteiger partial charge in [-0.3, -0.25) is 9.59 Å². The lowest BCUT2D eigenvalue weighted by atomic mass is 10.3. The SMILES string of the molecule is C.C=CCC(=O)COC(C)CC.C=CCC(=O)OCOC(C)CC. The molecule has 0 amide bonds. The Morgan fingerprint density at radius 1 is 0.958 bits per heavy atom. The topological polar surface area (TPSA) is 61.8 Å². The van der Waals surface area contributed by atoms with Gasteiger partial charge in [-0.25, -0.2) is 0 Å². The fraction of sp³-hybridized carbons (Fsp3) is 0.684. The van der Waals surface area contributed by atoms with Gasteiger partial charge in [-0.2, -0.15) is 0 Å². The van der Waals surface area contributed by atoms with Crippen LogP contribution in [0.4, 0.5) is 0 Å². The van der Waals surface area contributed by atoms with E-state index in [9.17, 15) is 9.59 Å². The Balaban J connectivity index is -0.000000354. The van der Waals surface area contributed by atoms with Gasteiger partial charge in [0.05, 0.1) is 18.6 Å². The number of allylic oxidation sites excluding steroid dienone is 1. The standard InChI is InChI=1S/C9H16O3.C9H16O2.CH4/c1-4-6-9(10)12-7-11-8(3)5-2;1-4-6-9(10)7-11-8(3)5-2;/h4,8H,1,5-7H2,2-3H3;4,8H,1,5-7H2,2-3H3;1H4. The van der Waals surface area contributed by atoms with E-state index in [-0.39, 0.29) is 51.2 Å². The van der Waals surface area contributed by atoms with Gasteiger partial charge in [0.25, 0.3) is 0 Å². The van der Waals surface area contributed by atoms with Crippen LogP contribution in [0.2, 0.25) is 0 Å². The zero-order valence-electron chi connectivity index (χ0n) is 15.0. The van der Waals surface area contributed by atoms with Gasteiger partial charge in [0, 0.05) is 6.42 Å². The van der Waals surface area contributed by atoms with Crippen LogP contribution in [-0.4, -0.2) is 37.4 Å². The molecule has 0 aliphatic carbocycles. The smallest absolute Gasteiger partial charge is 0.311 e. The molecule has 5 heteroatoms. The van der Waals surface area contributed by atoms with Crippen LogP contribution in [0.1, 0.15) is 60.8 Å². The number of ether oxygens (including phenoxy) is 3. The molecule has 0 aromatic heterocycles. The minimum absolute atomic E-state index is 0. The normalized spacial score (nSPS) is 11.8. The van der Waals surface area contributed by atoms with Crippen LogP contribution in [0.15, 0.2) is 25.3 Å². The molecule has 0 saturated heterocycles. The molecule has 24 heavy (non-hydrogen) atoms. The molecule has 0 saturated carbocycles. The number of hydrogen-bond acceptors (Lipinski definition) is 5. The van der Waals surface area contributed by atoms with Gasteiger partial charge in [-0.15, -0.1) is 13.2 Å². The van der Waals surface area contributed by atoms with Crippen molar-refractivity contribution in [2.24, 2.45) is 0 Å². The molecule has 0 heterocycles. The maximum Gasteiger partial charge on any atom is 0.311 e. The van der Waals surface area contributed by atoms with Gasteiger partial charge in [-0.05, 0) is 26.7 Å². The lowest BCUT2D eigenvalue weighted by Crippen LogP contribution is -2.14. The summed E-state index contributed by atoms with van der Waals surface area (Å²) in [5.74, 6) is -0.200. The van der Waals surface area contributed by atoms with Crippen molar-refractivity contribution in [3.8, 4) is 0 Å². The predicted molar refractivity (Wildman–Crippen MR) is 98.9 cm³/mol. The average molecular weight is 344 g/mol. The van der Waals surface area contributed by atoms with Gasteiger partial charge in [0.2, 0.25) is 0 Å². The number of Topliss-reactive ketones (excluding diaryl/α,β-unsaturated/α-hetero) is 1. The van der Waals surface area contributed by atoms with Crippen molar-refractivity contribution in [2.75, 3.05) is 13.4 Å². The van der Waals surface area contributed by atoms with Crippen molar-refractivity contribution in [1.29, 1.82) is 0 Å². The van der Waals surface area contributed by atoms with Crippen LogP contribution >= 0.6 is 0 Å². The van der Waals surface area contributed by atoms with Gasteiger partial charge < -0.3 is 14.2 Å². The largest absolute Gasteiger partial charge is 0.438 e. The van der Waals surface area contributed by atoms with Crippen LogP contribution in [0, 0.1) is 0 Å². The Morgan fingerprint density at radius 2 is 1.46 bits per heavy atom. The second-order valence-electron chi connectivity index (χ2n) is 5.07. The van der Waals surface area contributed by atoms with E-state index in [1.54, 1.807) is 6.08 Å². The van der Waals surface area contributed by atoms with Crippen molar-refractivity contribution in [3.63, 3.8) is 0 Å². The second-order valence-corrected chi connectivity index (χ2v) is 5.07. The van der Waals surface area contributed by atoms with Crippen LogP contribution in [0.3, 0.4) is 0 Å². The van der Waals surface area contributed by atoms with Crippen LogP contribution in [0.5, 0.6) is 0 Å². The fourth-order valence-electron chi connectivity index (χ4n) is 1.08. The zero-order valence-corrected chi connectivity index (χ0v) is 15.0. The molecule has 0 aromatic carbocycles. The first-order valence-corrected chi connectivity index (χ1v) is 8.03. The molecule has 0 bridgehead atoms. The second kappa shape index (κ2) is 19.6. The van der Waals surface area contributed by atoms with E-state index in [2.05, 4.69) is 13.2 Å². The number of ketones is 1. The Morgan fingerprint density at radius 3 is 1.92 bits per heavy atom. The molecule has 5 nitrogen and oxygen atoms in total. The summed E-state index contributed by atoms with van der Waals surface area (Å²) in [6, 6.07) is 0. The molecule has 0 rings (SSSR count). The lowest BCUT2D eigenvalue weighted by molar-refractivity contribution is -0.159. The van der Waals surface area contributed by atoms with Crippen molar-refractivity contribution in [1.82, 2.24) is 0 Å². The third-order valence-corrected chi connectivity index (χ3v) is 2.93. The molecule has 2 atom stereocenters. The van der Waals surface area contributed by atoms with Crippen molar-refractivity contribution in [3.05, 3.63) is 25.3 Å². The summed E-state index contributed by atoms with van der Waals surface area (Å²) in [5, 5.41) is 0. The summed E-state index contributed by atoms with van der Waals surface area (Å²) < 4.78 is 15.1. The van der Waals surface area contributed by atoms with Crippen LogP contribution in [-0.2, 0) is 23.8 Å². The highest BCUT2D eigenvalue weighted by molar-refractivity contribution is 5.80. The lowest BCUT2D eigenvalue weighted by Gasteiger charge is -2.09. The van der Waals surface area contributed by atoms with Crippen LogP contribution in [0.25, 0.3) is 0 Å². The van der Waals surface area contributed by atoms with E-state index < -0.39 is 0 Å². The minimum Gasteiger partial charge on any atom is -0.438 e. The summed E-state index contributed by atoms with van der Waals surface area (Å²) in [5.41, 5.74) is 0. The van der Waals surface area contributed by atoms with E-state index in [1.165, 1.54) is 6.08 Å². The highest BCUT2D eigenvalue weighted by Gasteiger charge is 2.02. The maximum absolute atomic E-state index is 10.9. The highest BCUT2D eigenvalue weighted by Crippen LogP contribution is 1.97. The predicted octanol–water partition coefficient (Wildman–Crippen LogP) is 4.46. The molecule has 0 N–H and O–H groups in total.